The summed E-state index contributed by atoms with van der Waals surface area (Å²) < 4.78 is 16.2. The molecule has 2 rings (SSSR count). The molecule has 17 heavy (non-hydrogen) atoms. The van der Waals surface area contributed by atoms with Crippen LogP contribution in [0.1, 0.15) is 5.56 Å². The molecule has 1 fully saturated rings. The first-order valence-electron chi connectivity index (χ1n) is 5.14. The first-order valence-corrected chi connectivity index (χ1v) is 5.93. The van der Waals surface area contributed by atoms with Crippen molar-refractivity contribution in [1.82, 2.24) is 0 Å². The van der Waals surface area contributed by atoms with Gasteiger partial charge in [0.2, 0.25) is 0 Å². The molecule has 0 saturated carbocycles. The van der Waals surface area contributed by atoms with E-state index in [1.807, 2.05) is 18.2 Å². The highest BCUT2D eigenvalue weighted by Gasteiger charge is 2.50. The minimum Gasteiger partial charge on any atom is -0.496 e. The normalized spacial score (nSPS) is 17.1. The Balaban J connectivity index is 2.50. The third-order valence-electron chi connectivity index (χ3n) is 2.95. The number of benzene rings is 1. The molecule has 1 aliphatic rings. The van der Waals surface area contributed by atoms with Crippen LogP contribution < -0.4 is 4.74 Å². The lowest BCUT2D eigenvalue weighted by Gasteiger charge is -2.39. The van der Waals surface area contributed by atoms with Crippen LogP contribution >= 0.6 is 15.9 Å². The molecule has 1 aliphatic heterocycles. The Hall–Kier alpha value is -1.07. The highest BCUT2D eigenvalue weighted by atomic mass is 79.9. The molecular weight excluding hydrogens is 288 g/mol. The third kappa shape index (κ3) is 1.93. The van der Waals surface area contributed by atoms with Crippen molar-refractivity contribution in [3.63, 3.8) is 0 Å². The van der Waals surface area contributed by atoms with Gasteiger partial charge in [-0.25, -0.2) is 0 Å². The fourth-order valence-corrected chi connectivity index (χ4v) is 2.30. The maximum absolute atomic E-state index is 11.9. The third-order valence-corrected chi connectivity index (χ3v) is 3.44. The molecule has 1 aromatic carbocycles. The summed E-state index contributed by atoms with van der Waals surface area (Å²) in [6.07, 6.45) is 0. The van der Waals surface area contributed by atoms with Crippen molar-refractivity contribution in [2.75, 3.05) is 27.4 Å². The van der Waals surface area contributed by atoms with E-state index in [4.69, 9.17) is 14.2 Å². The molecule has 0 N–H and O–H groups in total. The number of ether oxygens (including phenoxy) is 3. The lowest BCUT2D eigenvalue weighted by molar-refractivity contribution is -0.166. The maximum Gasteiger partial charge on any atom is 0.321 e. The minimum absolute atomic E-state index is 0.292. The van der Waals surface area contributed by atoms with Crippen molar-refractivity contribution >= 4 is 21.9 Å². The topological polar surface area (TPSA) is 44.8 Å². The van der Waals surface area contributed by atoms with E-state index >= 15 is 0 Å². The second kappa shape index (κ2) is 4.66. The van der Waals surface area contributed by atoms with Gasteiger partial charge in [0.1, 0.15) is 11.2 Å². The predicted octanol–water partition coefficient (Wildman–Crippen LogP) is 1.90. The minimum atomic E-state index is -0.732. The van der Waals surface area contributed by atoms with Gasteiger partial charge < -0.3 is 14.2 Å². The van der Waals surface area contributed by atoms with Crippen LogP contribution in [0.15, 0.2) is 22.7 Å². The smallest absolute Gasteiger partial charge is 0.321 e. The van der Waals surface area contributed by atoms with Gasteiger partial charge in [0.05, 0.1) is 27.4 Å². The summed E-state index contributed by atoms with van der Waals surface area (Å²) in [5.41, 5.74) is 0.0663. The molecule has 1 heterocycles. The van der Waals surface area contributed by atoms with Crippen molar-refractivity contribution < 1.29 is 19.0 Å². The van der Waals surface area contributed by atoms with Crippen LogP contribution in [-0.2, 0) is 19.7 Å². The van der Waals surface area contributed by atoms with Gasteiger partial charge in [-0.15, -0.1) is 0 Å². The molecule has 0 aromatic heterocycles. The van der Waals surface area contributed by atoms with Gasteiger partial charge >= 0.3 is 5.97 Å². The van der Waals surface area contributed by atoms with Gasteiger partial charge in [-0.2, -0.15) is 0 Å². The number of carbonyl (C=O) groups is 1. The highest BCUT2D eigenvalue weighted by Crippen LogP contribution is 2.40. The molecule has 0 unspecified atom stereocenters. The van der Waals surface area contributed by atoms with Gasteiger partial charge in [-0.3, -0.25) is 4.79 Å². The molecule has 92 valence electrons. The Bertz CT molecular complexity index is 440. The van der Waals surface area contributed by atoms with Gasteiger partial charge in [-0.05, 0) is 18.2 Å². The van der Waals surface area contributed by atoms with E-state index in [-0.39, 0.29) is 5.97 Å². The fourth-order valence-electron chi connectivity index (χ4n) is 1.94. The van der Waals surface area contributed by atoms with Crippen molar-refractivity contribution in [2.24, 2.45) is 0 Å². The monoisotopic (exact) mass is 300 g/mol. The zero-order valence-corrected chi connectivity index (χ0v) is 11.2. The number of hydrogen-bond acceptors (Lipinski definition) is 4. The van der Waals surface area contributed by atoms with Crippen molar-refractivity contribution in [2.45, 2.75) is 5.41 Å². The van der Waals surface area contributed by atoms with Gasteiger partial charge in [0.25, 0.3) is 0 Å². The van der Waals surface area contributed by atoms with Gasteiger partial charge in [0, 0.05) is 10.0 Å². The molecule has 1 aromatic rings. The van der Waals surface area contributed by atoms with Crippen LogP contribution in [0.4, 0.5) is 0 Å². The Morgan fingerprint density at radius 2 is 2.12 bits per heavy atom. The summed E-state index contributed by atoms with van der Waals surface area (Å²) in [7, 11) is 2.96. The fraction of sp³-hybridized carbons (Fsp3) is 0.417. The number of carbonyl (C=O) groups excluding carboxylic acids is 1. The standard InChI is InChI=1S/C12H13BrO4/c1-15-10-4-3-8(13)5-9(10)12(6-17-7-12)11(14)16-2/h3-5H,6-7H2,1-2H3. The first-order chi connectivity index (χ1) is 8.14. The zero-order chi connectivity index (χ0) is 12.5. The van der Waals surface area contributed by atoms with E-state index in [0.717, 1.165) is 10.0 Å². The van der Waals surface area contributed by atoms with Crippen molar-refractivity contribution in [1.29, 1.82) is 0 Å². The van der Waals surface area contributed by atoms with Crippen LogP contribution in [0.5, 0.6) is 5.75 Å². The largest absolute Gasteiger partial charge is 0.496 e. The second-order valence-electron chi connectivity index (χ2n) is 3.91. The lowest BCUT2D eigenvalue weighted by Crippen LogP contribution is -2.53. The van der Waals surface area contributed by atoms with Crippen molar-refractivity contribution in [3.05, 3.63) is 28.2 Å². The zero-order valence-electron chi connectivity index (χ0n) is 9.66. The molecule has 0 aliphatic carbocycles. The molecular formula is C12H13BrO4. The van der Waals surface area contributed by atoms with Crippen LogP contribution in [-0.4, -0.2) is 33.4 Å². The maximum atomic E-state index is 11.9. The summed E-state index contributed by atoms with van der Waals surface area (Å²) in [5.74, 6) is 0.377. The number of rotatable bonds is 3. The van der Waals surface area contributed by atoms with Gasteiger partial charge in [0.15, 0.2) is 0 Å². The van der Waals surface area contributed by atoms with Crippen LogP contribution in [0.3, 0.4) is 0 Å². The molecule has 5 heteroatoms. The quantitative estimate of drug-likeness (QED) is 0.800. The molecule has 0 atom stereocenters. The Labute approximate surface area is 108 Å². The van der Waals surface area contributed by atoms with E-state index in [1.54, 1.807) is 7.11 Å². The predicted molar refractivity (Wildman–Crippen MR) is 65.2 cm³/mol. The Kier molecular flexibility index (Phi) is 3.40. The molecule has 0 spiro atoms. The van der Waals surface area contributed by atoms with Gasteiger partial charge in [-0.1, -0.05) is 15.9 Å². The average Bonchev–Trinajstić information content (AvgIpc) is 2.27. The summed E-state index contributed by atoms with van der Waals surface area (Å²) in [4.78, 5) is 11.9. The highest BCUT2D eigenvalue weighted by molar-refractivity contribution is 9.10. The van der Waals surface area contributed by atoms with Crippen molar-refractivity contribution in [3.8, 4) is 5.75 Å². The van der Waals surface area contributed by atoms with E-state index < -0.39 is 5.41 Å². The average molecular weight is 301 g/mol. The van der Waals surface area contributed by atoms with E-state index in [1.165, 1.54) is 7.11 Å². The number of hydrogen-bond donors (Lipinski definition) is 0. The molecule has 0 bridgehead atoms. The summed E-state index contributed by atoms with van der Waals surface area (Å²) >= 11 is 3.39. The van der Waals surface area contributed by atoms with Crippen LogP contribution in [0, 0.1) is 0 Å². The SMILES string of the molecule is COC(=O)C1(c2cc(Br)ccc2OC)COC1. The Morgan fingerprint density at radius 3 is 2.59 bits per heavy atom. The van der Waals surface area contributed by atoms with E-state index in [0.29, 0.717) is 19.0 Å². The summed E-state index contributed by atoms with van der Waals surface area (Å²) in [5, 5.41) is 0. The summed E-state index contributed by atoms with van der Waals surface area (Å²) in [6.45, 7) is 0.652. The molecule has 1 saturated heterocycles. The Morgan fingerprint density at radius 1 is 1.41 bits per heavy atom. The molecule has 0 radical (unpaired) electrons. The lowest BCUT2D eigenvalue weighted by atomic mass is 9.78. The number of halogens is 1. The number of esters is 1. The second-order valence-corrected chi connectivity index (χ2v) is 4.83. The molecule has 0 amide bonds. The van der Waals surface area contributed by atoms with Crippen LogP contribution in [0.25, 0.3) is 0 Å². The van der Waals surface area contributed by atoms with E-state index in [2.05, 4.69) is 15.9 Å². The molecule has 4 nitrogen and oxygen atoms in total. The van der Waals surface area contributed by atoms with E-state index in [9.17, 15) is 4.79 Å². The first kappa shape index (κ1) is 12.4. The van der Waals surface area contributed by atoms with Crippen LogP contribution in [0.2, 0.25) is 0 Å². The summed E-state index contributed by atoms with van der Waals surface area (Å²) in [6, 6.07) is 5.56. The number of methoxy groups -OCH3 is 2.